The molecule has 5 heteroatoms. The molecule has 0 saturated heterocycles. The molecule has 1 aliphatic rings. The Kier molecular flexibility index (Phi) is 4.32. The van der Waals surface area contributed by atoms with E-state index in [1.54, 1.807) is 6.20 Å². The van der Waals surface area contributed by atoms with Crippen molar-refractivity contribution in [1.29, 1.82) is 0 Å². The lowest BCUT2D eigenvalue weighted by atomic mass is 10.1. The van der Waals surface area contributed by atoms with Crippen LogP contribution in [0.25, 0.3) is 10.8 Å². The summed E-state index contributed by atoms with van der Waals surface area (Å²) in [5.41, 5.74) is 0.242. The van der Waals surface area contributed by atoms with E-state index in [9.17, 15) is 9.59 Å². The standard InChI is InChI=1S/C17H18N2O3/c20-15(19-13-6-2-3-7-13)11-22-17(21)16-14-8-4-1-5-12(14)9-10-18-16/h1,4-5,8-10,13H,2-3,6-7,11H2,(H,19,20). The normalized spacial score (nSPS) is 14.9. The molecule has 1 aromatic carbocycles. The number of hydrogen-bond donors (Lipinski definition) is 1. The number of nitrogens with zero attached hydrogens (tertiary/aromatic N) is 1. The van der Waals surface area contributed by atoms with Crippen LogP contribution in [0.15, 0.2) is 36.5 Å². The van der Waals surface area contributed by atoms with E-state index in [2.05, 4.69) is 10.3 Å². The molecular formula is C17H18N2O3. The van der Waals surface area contributed by atoms with Gasteiger partial charge in [0.1, 0.15) is 0 Å². The quantitative estimate of drug-likeness (QED) is 0.880. The molecule has 1 heterocycles. The summed E-state index contributed by atoms with van der Waals surface area (Å²) in [5.74, 6) is -0.821. The van der Waals surface area contributed by atoms with Gasteiger partial charge in [-0.05, 0) is 24.3 Å². The highest BCUT2D eigenvalue weighted by molar-refractivity contribution is 6.02. The summed E-state index contributed by atoms with van der Waals surface area (Å²) in [6.45, 7) is -0.264. The van der Waals surface area contributed by atoms with Crippen molar-refractivity contribution in [2.75, 3.05) is 6.61 Å². The fraction of sp³-hybridized carbons (Fsp3) is 0.353. The molecule has 0 aliphatic heterocycles. The molecule has 1 N–H and O–H groups in total. The van der Waals surface area contributed by atoms with Gasteiger partial charge >= 0.3 is 5.97 Å². The van der Waals surface area contributed by atoms with E-state index in [1.165, 1.54) is 0 Å². The highest BCUT2D eigenvalue weighted by atomic mass is 16.5. The molecule has 1 fully saturated rings. The van der Waals surface area contributed by atoms with Crippen LogP contribution in [0.2, 0.25) is 0 Å². The molecule has 0 atom stereocenters. The molecule has 114 valence electrons. The Balaban J connectivity index is 1.62. The van der Waals surface area contributed by atoms with E-state index in [4.69, 9.17) is 4.74 Å². The zero-order valence-corrected chi connectivity index (χ0v) is 12.2. The van der Waals surface area contributed by atoms with Gasteiger partial charge in [0.15, 0.2) is 12.3 Å². The van der Waals surface area contributed by atoms with Crippen LogP contribution in [-0.2, 0) is 9.53 Å². The Morgan fingerprint density at radius 3 is 2.77 bits per heavy atom. The van der Waals surface area contributed by atoms with Crippen molar-refractivity contribution >= 4 is 22.6 Å². The summed E-state index contributed by atoms with van der Waals surface area (Å²) < 4.78 is 5.09. The minimum absolute atomic E-state index is 0.224. The molecule has 5 nitrogen and oxygen atoms in total. The molecule has 1 saturated carbocycles. The first-order valence-corrected chi connectivity index (χ1v) is 7.54. The van der Waals surface area contributed by atoms with Gasteiger partial charge in [-0.1, -0.05) is 37.1 Å². The Morgan fingerprint density at radius 2 is 1.95 bits per heavy atom. The van der Waals surface area contributed by atoms with Crippen LogP contribution in [0.1, 0.15) is 36.2 Å². The van der Waals surface area contributed by atoms with Crippen LogP contribution in [-0.4, -0.2) is 29.5 Å². The van der Waals surface area contributed by atoms with Crippen molar-refractivity contribution in [3.63, 3.8) is 0 Å². The predicted molar refractivity (Wildman–Crippen MR) is 82.4 cm³/mol. The number of fused-ring (bicyclic) bond motifs is 1. The SMILES string of the molecule is O=C(COC(=O)c1nccc2ccccc12)NC1CCCC1. The Bertz CT molecular complexity index is 688. The minimum Gasteiger partial charge on any atom is -0.451 e. The van der Waals surface area contributed by atoms with E-state index in [0.29, 0.717) is 0 Å². The zero-order valence-electron chi connectivity index (χ0n) is 12.2. The number of carbonyl (C=O) groups is 2. The van der Waals surface area contributed by atoms with E-state index in [0.717, 1.165) is 36.5 Å². The maximum Gasteiger partial charge on any atom is 0.358 e. The van der Waals surface area contributed by atoms with Crippen molar-refractivity contribution in [3.8, 4) is 0 Å². The summed E-state index contributed by atoms with van der Waals surface area (Å²) in [6.07, 6.45) is 5.86. The Labute approximate surface area is 128 Å². The van der Waals surface area contributed by atoms with E-state index in [1.807, 2.05) is 30.3 Å². The molecule has 0 unspecified atom stereocenters. The number of benzene rings is 1. The Morgan fingerprint density at radius 1 is 1.18 bits per heavy atom. The number of amides is 1. The number of pyridine rings is 1. The summed E-state index contributed by atoms with van der Waals surface area (Å²) in [4.78, 5) is 28.0. The maximum absolute atomic E-state index is 12.1. The topological polar surface area (TPSA) is 68.3 Å². The highest BCUT2D eigenvalue weighted by Gasteiger charge is 2.19. The lowest BCUT2D eigenvalue weighted by molar-refractivity contribution is -0.124. The first-order chi connectivity index (χ1) is 10.7. The van der Waals surface area contributed by atoms with E-state index >= 15 is 0 Å². The minimum atomic E-state index is -0.571. The first-order valence-electron chi connectivity index (χ1n) is 7.54. The van der Waals surface area contributed by atoms with Crippen molar-refractivity contribution < 1.29 is 14.3 Å². The van der Waals surface area contributed by atoms with Crippen LogP contribution in [0.4, 0.5) is 0 Å². The van der Waals surface area contributed by atoms with Crippen molar-refractivity contribution in [1.82, 2.24) is 10.3 Å². The number of ether oxygens (including phenoxy) is 1. The van der Waals surface area contributed by atoms with Gasteiger partial charge in [0.05, 0.1) is 0 Å². The molecule has 2 aromatic rings. The summed E-state index contributed by atoms with van der Waals surface area (Å²) in [6, 6.07) is 9.51. The van der Waals surface area contributed by atoms with Crippen LogP contribution >= 0.6 is 0 Å². The number of rotatable bonds is 4. The second-order valence-corrected chi connectivity index (χ2v) is 5.51. The number of hydrogen-bond acceptors (Lipinski definition) is 4. The van der Waals surface area contributed by atoms with E-state index in [-0.39, 0.29) is 24.2 Å². The Hall–Kier alpha value is -2.43. The van der Waals surface area contributed by atoms with Crippen LogP contribution < -0.4 is 5.32 Å². The average molecular weight is 298 g/mol. The molecule has 0 bridgehead atoms. The number of aromatic nitrogens is 1. The lowest BCUT2D eigenvalue weighted by Gasteiger charge is -2.12. The lowest BCUT2D eigenvalue weighted by Crippen LogP contribution is -2.36. The van der Waals surface area contributed by atoms with Crippen molar-refractivity contribution in [3.05, 3.63) is 42.2 Å². The molecule has 1 amide bonds. The van der Waals surface area contributed by atoms with Gasteiger partial charge in [-0.3, -0.25) is 4.79 Å². The van der Waals surface area contributed by atoms with Gasteiger partial charge in [-0.2, -0.15) is 0 Å². The van der Waals surface area contributed by atoms with Gasteiger partial charge in [-0.25, -0.2) is 9.78 Å². The third kappa shape index (κ3) is 3.24. The average Bonchev–Trinajstić information content (AvgIpc) is 3.05. The van der Waals surface area contributed by atoms with Crippen molar-refractivity contribution in [2.45, 2.75) is 31.7 Å². The highest BCUT2D eigenvalue weighted by Crippen LogP contribution is 2.18. The third-order valence-corrected chi connectivity index (χ3v) is 3.92. The summed E-state index contributed by atoms with van der Waals surface area (Å²) in [7, 11) is 0. The second-order valence-electron chi connectivity index (χ2n) is 5.51. The number of nitrogens with one attached hydrogen (secondary N) is 1. The maximum atomic E-state index is 12.1. The molecule has 1 aliphatic carbocycles. The number of carbonyl (C=O) groups excluding carboxylic acids is 2. The monoisotopic (exact) mass is 298 g/mol. The number of esters is 1. The molecular weight excluding hydrogens is 280 g/mol. The van der Waals surface area contributed by atoms with Gasteiger partial charge < -0.3 is 10.1 Å². The van der Waals surface area contributed by atoms with Gasteiger partial charge in [-0.15, -0.1) is 0 Å². The van der Waals surface area contributed by atoms with Gasteiger partial charge in [0, 0.05) is 17.6 Å². The van der Waals surface area contributed by atoms with Crippen LogP contribution in [0.3, 0.4) is 0 Å². The second kappa shape index (κ2) is 6.56. The predicted octanol–water partition coefficient (Wildman–Crippen LogP) is 2.45. The fourth-order valence-corrected chi connectivity index (χ4v) is 2.82. The first kappa shape index (κ1) is 14.5. The molecule has 3 rings (SSSR count). The van der Waals surface area contributed by atoms with Crippen LogP contribution in [0, 0.1) is 0 Å². The fourth-order valence-electron chi connectivity index (χ4n) is 2.82. The van der Waals surface area contributed by atoms with Gasteiger partial charge in [0.25, 0.3) is 5.91 Å². The van der Waals surface area contributed by atoms with Gasteiger partial charge in [0.2, 0.25) is 0 Å². The van der Waals surface area contributed by atoms with E-state index < -0.39 is 5.97 Å². The summed E-state index contributed by atoms with van der Waals surface area (Å²) >= 11 is 0. The van der Waals surface area contributed by atoms with Crippen molar-refractivity contribution in [2.24, 2.45) is 0 Å². The molecule has 0 radical (unpaired) electrons. The third-order valence-electron chi connectivity index (χ3n) is 3.92. The molecule has 1 aromatic heterocycles. The molecule has 0 spiro atoms. The summed E-state index contributed by atoms with van der Waals surface area (Å²) in [5, 5.41) is 4.53. The largest absolute Gasteiger partial charge is 0.451 e. The smallest absolute Gasteiger partial charge is 0.358 e. The molecule has 22 heavy (non-hydrogen) atoms. The van der Waals surface area contributed by atoms with Crippen LogP contribution in [0.5, 0.6) is 0 Å². The zero-order chi connectivity index (χ0) is 15.4.